The fourth-order valence-corrected chi connectivity index (χ4v) is 2.59. The maximum Gasteiger partial charge on any atom is 0.436 e. The Morgan fingerprint density at radius 2 is 1.58 bits per heavy atom. The Morgan fingerprint density at radius 1 is 0.848 bits per heavy atom. The number of hydrogen-bond acceptors (Lipinski definition) is 6. The first-order valence-electron chi connectivity index (χ1n) is 10.6. The lowest BCUT2D eigenvalue weighted by molar-refractivity contribution is -0.116. The van der Waals surface area contributed by atoms with Crippen LogP contribution in [0.4, 0.5) is 21.0 Å². The van der Waals surface area contributed by atoms with Crippen LogP contribution in [0.2, 0.25) is 0 Å². The Labute approximate surface area is 192 Å². The number of amides is 3. The number of carbonyl (C=O) groups excluding carboxylic acids is 3. The van der Waals surface area contributed by atoms with E-state index < -0.39 is 12.2 Å². The molecule has 33 heavy (non-hydrogen) atoms. The molecule has 2 aromatic rings. The van der Waals surface area contributed by atoms with E-state index in [1.165, 1.54) is 0 Å². The summed E-state index contributed by atoms with van der Waals surface area (Å²) in [5.41, 5.74) is 0.726. The highest BCUT2D eigenvalue weighted by Gasteiger charge is 2.15. The number of benzene rings is 2. The Kier molecular flexibility index (Phi) is 10.2. The van der Waals surface area contributed by atoms with E-state index in [2.05, 4.69) is 20.9 Å². The number of nitrogens with zero attached hydrogens (tertiary/aromatic N) is 1. The van der Waals surface area contributed by atoms with Gasteiger partial charge in [0, 0.05) is 12.5 Å². The number of carbonyl (C=O) groups is 3. The van der Waals surface area contributed by atoms with E-state index in [9.17, 15) is 14.4 Å². The summed E-state index contributed by atoms with van der Waals surface area (Å²) >= 11 is 0. The number of para-hydroxylation sites is 1. The molecular weight excluding hydrogens is 428 g/mol. The normalized spacial score (nSPS) is 10.7. The topological polar surface area (TPSA) is 127 Å². The highest BCUT2D eigenvalue weighted by molar-refractivity contribution is 6.08. The highest BCUT2D eigenvalue weighted by Crippen LogP contribution is 2.30. The zero-order valence-corrected chi connectivity index (χ0v) is 18.8. The number of aliphatic imine (C=N–C) groups is 1. The van der Waals surface area contributed by atoms with E-state index in [1.54, 1.807) is 44.2 Å². The van der Waals surface area contributed by atoms with Crippen LogP contribution >= 0.6 is 0 Å². The quantitative estimate of drug-likeness (QED) is 0.381. The van der Waals surface area contributed by atoms with E-state index in [-0.39, 0.29) is 25.1 Å². The molecular formula is C23H28N4O6. The van der Waals surface area contributed by atoms with Gasteiger partial charge >= 0.3 is 12.2 Å². The van der Waals surface area contributed by atoms with Gasteiger partial charge in [-0.05, 0) is 44.5 Å². The number of guanidine groups is 1. The van der Waals surface area contributed by atoms with Gasteiger partial charge in [-0.25, -0.2) is 9.59 Å². The van der Waals surface area contributed by atoms with Crippen LogP contribution in [-0.2, 0) is 14.3 Å². The van der Waals surface area contributed by atoms with Crippen molar-refractivity contribution in [3.8, 4) is 11.5 Å². The maximum atomic E-state index is 12.3. The van der Waals surface area contributed by atoms with Gasteiger partial charge in [0.2, 0.25) is 11.9 Å². The number of alkyl carbamates (subject to hydrolysis) is 1. The van der Waals surface area contributed by atoms with Crippen LogP contribution in [0.1, 0.15) is 33.6 Å². The minimum absolute atomic E-state index is 0.110. The molecule has 176 valence electrons. The Bertz CT molecular complexity index is 978. The molecule has 0 aromatic heterocycles. The minimum Gasteiger partial charge on any atom is -0.457 e. The number of nitrogens with one attached hydrogen (secondary N) is 3. The molecule has 10 nitrogen and oxygen atoms in total. The van der Waals surface area contributed by atoms with Crippen molar-refractivity contribution in [3.63, 3.8) is 0 Å². The second kappa shape index (κ2) is 13.4. The van der Waals surface area contributed by atoms with Gasteiger partial charge in [0.25, 0.3) is 0 Å². The van der Waals surface area contributed by atoms with E-state index in [4.69, 9.17) is 14.2 Å². The molecule has 0 saturated heterocycles. The van der Waals surface area contributed by atoms with Crippen LogP contribution in [0.5, 0.6) is 11.5 Å². The van der Waals surface area contributed by atoms with Crippen molar-refractivity contribution in [2.24, 2.45) is 4.99 Å². The third-order valence-electron chi connectivity index (χ3n) is 3.94. The van der Waals surface area contributed by atoms with E-state index in [1.807, 2.05) is 25.1 Å². The van der Waals surface area contributed by atoms with Crippen LogP contribution in [-0.4, -0.2) is 37.3 Å². The number of hydrogen-bond donors (Lipinski definition) is 3. The number of rotatable bonds is 8. The molecule has 0 aliphatic carbocycles. The largest absolute Gasteiger partial charge is 0.457 e. The lowest BCUT2D eigenvalue weighted by atomic mass is 10.2. The van der Waals surface area contributed by atoms with Crippen molar-refractivity contribution in [3.05, 3.63) is 48.5 Å². The summed E-state index contributed by atoms with van der Waals surface area (Å²) in [5, 5.41) is 7.98. The number of ether oxygens (including phenoxy) is 3. The molecule has 0 aliphatic heterocycles. The van der Waals surface area contributed by atoms with Crippen LogP contribution in [0, 0.1) is 0 Å². The Morgan fingerprint density at radius 3 is 2.24 bits per heavy atom. The average molecular weight is 456 g/mol. The van der Waals surface area contributed by atoms with Crippen molar-refractivity contribution in [1.29, 1.82) is 0 Å². The second-order valence-corrected chi connectivity index (χ2v) is 6.55. The fourth-order valence-electron chi connectivity index (χ4n) is 2.59. The molecule has 0 saturated carbocycles. The van der Waals surface area contributed by atoms with Gasteiger partial charge in [-0.15, -0.1) is 4.99 Å². The lowest BCUT2D eigenvalue weighted by Crippen LogP contribution is -2.37. The summed E-state index contributed by atoms with van der Waals surface area (Å²) in [5.74, 6) is 0.660. The monoisotopic (exact) mass is 456 g/mol. The first kappa shape index (κ1) is 25.2. The molecule has 2 aromatic carbocycles. The van der Waals surface area contributed by atoms with Crippen LogP contribution in [0.3, 0.4) is 0 Å². The highest BCUT2D eigenvalue weighted by atomic mass is 16.6. The van der Waals surface area contributed by atoms with Crippen LogP contribution < -0.4 is 20.7 Å². The molecule has 3 N–H and O–H groups in total. The number of anilines is 2. The molecule has 2 rings (SSSR count). The molecule has 0 bridgehead atoms. The lowest BCUT2D eigenvalue weighted by Gasteiger charge is -2.16. The fraction of sp³-hybridized carbons (Fsp3) is 0.304. The van der Waals surface area contributed by atoms with Crippen molar-refractivity contribution < 1.29 is 28.6 Å². The van der Waals surface area contributed by atoms with Crippen LogP contribution in [0.25, 0.3) is 0 Å². The van der Waals surface area contributed by atoms with Gasteiger partial charge in [-0.3, -0.25) is 10.1 Å². The third kappa shape index (κ3) is 8.90. The summed E-state index contributed by atoms with van der Waals surface area (Å²) < 4.78 is 15.5. The zero-order valence-electron chi connectivity index (χ0n) is 18.8. The zero-order chi connectivity index (χ0) is 24.1. The molecule has 0 fully saturated rings. The summed E-state index contributed by atoms with van der Waals surface area (Å²) in [6.45, 7) is 5.40. The van der Waals surface area contributed by atoms with Crippen LogP contribution in [0.15, 0.2) is 53.5 Å². The minimum atomic E-state index is -0.905. The third-order valence-corrected chi connectivity index (χ3v) is 3.94. The average Bonchev–Trinajstić information content (AvgIpc) is 2.76. The summed E-state index contributed by atoms with van der Waals surface area (Å²) in [6, 6.07) is 14.1. The van der Waals surface area contributed by atoms with E-state index in [0.29, 0.717) is 35.7 Å². The molecule has 0 radical (unpaired) electrons. The van der Waals surface area contributed by atoms with Crippen molar-refractivity contribution in [2.75, 3.05) is 23.8 Å². The molecule has 0 atom stereocenters. The SMILES string of the molecule is CCCC(=O)Nc1cc(Oc2ccccc2)ccc1NC(=NC(=O)OCC)NC(=O)OCC. The molecule has 10 heteroatoms. The van der Waals surface area contributed by atoms with Crippen molar-refractivity contribution in [2.45, 2.75) is 33.6 Å². The molecule has 0 unspecified atom stereocenters. The van der Waals surface area contributed by atoms with Gasteiger partial charge in [0.15, 0.2) is 0 Å². The standard InChI is InChI=1S/C23H28N4O6/c1-4-10-20(28)24-19-15-17(33-16-11-8-7-9-12-16)13-14-18(19)25-21(26-22(29)31-5-2)27-23(30)32-6-3/h7-9,11-15H,4-6,10H2,1-3H3,(H,24,28)(H2,25,26,27,29,30). The van der Waals surface area contributed by atoms with Gasteiger partial charge in [-0.2, -0.15) is 0 Å². The maximum absolute atomic E-state index is 12.3. The van der Waals surface area contributed by atoms with Crippen molar-refractivity contribution in [1.82, 2.24) is 5.32 Å². The molecule has 0 aliphatic rings. The predicted molar refractivity (Wildman–Crippen MR) is 125 cm³/mol. The predicted octanol–water partition coefficient (Wildman–Crippen LogP) is 4.89. The first-order valence-corrected chi connectivity index (χ1v) is 10.6. The Hall–Kier alpha value is -4.08. The van der Waals surface area contributed by atoms with Gasteiger partial charge in [0.1, 0.15) is 11.5 Å². The second-order valence-electron chi connectivity index (χ2n) is 6.55. The van der Waals surface area contributed by atoms with Gasteiger partial charge in [-0.1, -0.05) is 25.1 Å². The smallest absolute Gasteiger partial charge is 0.436 e. The summed E-state index contributed by atoms with van der Waals surface area (Å²) in [4.78, 5) is 39.7. The first-order chi connectivity index (χ1) is 15.9. The van der Waals surface area contributed by atoms with E-state index in [0.717, 1.165) is 0 Å². The summed E-state index contributed by atoms with van der Waals surface area (Å²) in [6.07, 6.45) is -0.742. The van der Waals surface area contributed by atoms with Gasteiger partial charge < -0.3 is 24.8 Å². The molecule has 0 heterocycles. The van der Waals surface area contributed by atoms with E-state index >= 15 is 0 Å². The molecule has 0 spiro atoms. The summed E-state index contributed by atoms with van der Waals surface area (Å²) in [7, 11) is 0. The van der Waals surface area contributed by atoms with Crippen molar-refractivity contribution >= 4 is 35.4 Å². The van der Waals surface area contributed by atoms with Gasteiger partial charge in [0.05, 0.1) is 24.6 Å². The molecule has 3 amide bonds. The Balaban J connectivity index is 2.35.